The molecule has 6 heteroatoms. The van der Waals surface area contributed by atoms with E-state index in [1.807, 2.05) is 0 Å². The van der Waals surface area contributed by atoms with Gasteiger partial charge in [-0.05, 0) is 19.4 Å². The van der Waals surface area contributed by atoms with Gasteiger partial charge in [-0.25, -0.2) is 9.97 Å². The second-order valence-corrected chi connectivity index (χ2v) is 6.98. The Labute approximate surface area is 139 Å². The number of hydrogen-bond acceptors (Lipinski definition) is 3. The number of aryl methyl sites for hydroxylation is 2. The maximum absolute atomic E-state index is 4.56. The lowest BCUT2D eigenvalue weighted by Crippen LogP contribution is -3.06. The van der Waals surface area contributed by atoms with Crippen molar-refractivity contribution in [2.24, 2.45) is 0 Å². The second kappa shape index (κ2) is 7.75. The lowest BCUT2D eigenvalue weighted by atomic mass is 10.2. The molecule has 23 heavy (non-hydrogen) atoms. The lowest BCUT2D eigenvalue weighted by molar-refractivity contribution is -0.858. The van der Waals surface area contributed by atoms with Crippen LogP contribution in [0.4, 0.5) is 5.82 Å². The molecular weight excluding hydrogens is 288 g/mol. The molecule has 0 saturated heterocycles. The third kappa shape index (κ3) is 4.20. The first kappa shape index (κ1) is 17.7. The van der Waals surface area contributed by atoms with Crippen molar-refractivity contribution >= 4 is 16.9 Å². The van der Waals surface area contributed by atoms with E-state index in [0.717, 1.165) is 37.5 Å². The van der Waals surface area contributed by atoms with Crippen molar-refractivity contribution in [2.75, 3.05) is 53.1 Å². The van der Waals surface area contributed by atoms with Gasteiger partial charge in [-0.1, -0.05) is 0 Å². The number of anilines is 1. The molecule has 0 saturated carbocycles. The molecule has 0 atom stereocenters. The van der Waals surface area contributed by atoms with E-state index in [9.17, 15) is 0 Å². The van der Waals surface area contributed by atoms with Crippen LogP contribution in [0.15, 0.2) is 6.33 Å². The standard InChI is InChI=1S/C17H30N6/c1-13-14(2)23(10-7-9-21(3)4)17-15(13)16(19-12-20-17)18-8-11-22(5)6/h12H,7-11H2,1-6H3,(H,18,19,20)/p+2. The van der Waals surface area contributed by atoms with Gasteiger partial charge in [-0.3, -0.25) is 0 Å². The van der Waals surface area contributed by atoms with Gasteiger partial charge in [0, 0.05) is 18.7 Å². The Morgan fingerprint density at radius 2 is 1.74 bits per heavy atom. The number of quaternary nitrogens is 2. The molecule has 0 unspecified atom stereocenters. The van der Waals surface area contributed by atoms with Crippen LogP contribution in [0, 0.1) is 13.8 Å². The van der Waals surface area contributed by atoms with Crippen LogP contribution >= 0.6 is 0 Å². The predicted molar refractivity (Wildman–Crippen MR) is 95.5 cm³/mol. The maximum atomic E-state index is 4.56. The van der Waals surface area contributed by atoms with Crippen LogP contribution < -0.4 is 15.1 Å². The summed E-state index contributed by atoms with van der Waals surface area (Å²) in [6.45, 7) is 8.53. The summed E-state index contributed by atoms with van der Waals surface area (Å²) in [6, 6.07) is 0. The summed E-state index contributed by atoms with van der Waals surface area (Å²) in [7, 11) is 8.72. The van der Waals surface area contributed by atoms with Gasteiger partial charge in [-0.15, -0.1) is 0 Å². The van der Waals surface area contributed by atoms with E-state index in [-0.39, 0.29) is 0 Å². The first-order valence-electron chi connectivity index (χ1n) is 8.54. The number of likely N-dealkylation sites (N-methyl/N-ethyl adjacent to an activating group) is 1. The quantitative estimate of drug-likeness (QED) is 0.593. The van der Waals surface area contributed by atoms with E-state index >= 15 is 0 Å². The zero-order chi connectivity index (χ0) is 17.0. The van der Waals surface area contributed by atoms with Crippen LogP contribution in [0.1, 0.15) is 17.7 Å². The summed E-state index contributed by atoms with van der Waals surface area (Å²) in [6.07, 6.45) is 2.84. The SMILES string of the molecule is Cc1c(C)n(CCC[NH+](C)C)c2ncnc(NCC[NH+](C)C)c12. The number of aromatic nitrogens is 3. The average molecular weight is 320 g/mol. The zero-order valence-electron chi connectivity index (χ0n) is 15.5. The summed E-state index contributed by atoms with van der Waals surface area (Å²) in [5.74, 6) is 0.967. The Balaban J connectivity index is 2.26. The van der Waals surface area contributed by atoms with Crippen LogP contribution in [0.5, 0.6) is 0 Å². The molecule has 3 N–H and O–H groups in total. The molecule has 2 aromatic rings. The molecule has 0 aliphatic heterocycles. The van der Waals surface area contributed by atoms with E-state index in [1.165, 1.54) is 33.0 Å². The fourth-order valence-corrected chi connectivity index (χ4v) is 2.90. The minimum Gasteiger partial charge on any atom is -0.364 e. The van der Waals surface area contributed by atoms with Crippen molar-refractivity contribution < 1.29 is 9.80 Å². The summed E-state index contributed by atoms with van der Waals surface area (Å²) in [5.41, 5.74) is 3.65. The first-order valence-corrected chi connectivity index (χ1v) is 8.54. The largest absolute Gasteiger partial charge is 0.364 e. The van der Waals surface area contributed by atoms with Crippen molar-refractivity contribution in [3.05, 3.63) is 17.6 Å². The molecule has 0 aromatic carbocycles. The minimum absolute atomic E-state index is 0.919. The van der Waals surface area contributed by atoms with Gasteiger partial charge in [0.1, 0.15) is 17.8 Å². The van der Waals surface area contributed by atoms with Gasteiger partial charge in [0.15, 0.2) is 0 Å². The van der Waals surface area contributed by atoms with Gasteiger partial charge in [0.2, 0.25) is 0 Å². The Kier molecular flexibility index (Phi) is 5.96. The highest BCUT2D eigenvalue weighted by atomic mass is 15.1. The Morgan fingerprint density at radius 3 is 2.39 bits per heavy atom. The van der Waals surface area contributed by atoms with Gasteiger partial charge in [0.05, 0.1) is 53.2 Å². The molecule has 0 aliphatic rings. The van der Waals surface area contributed by atoms with Gasteiger partial charge in [0.25, 0.3) is 0 Å². The summed E-state index contributed by atoms with van der Waals surface area (Å²) in [4.78, 5) is 12.0. The van der Waals surface area contributed by atoms with Gasteiger partial charge in [-0.2, -0.15) is 0 Å². The van der Waals surface area contributed by atoms with Crippen molar-refractivity contribution in [2.45, 2.75) is 26.8 Å². The van der Waals surface area contributed by atoms with Gasteiger partial charge < -0.3 is 19.7 Å². The molecule has 0 spiro atoms. The topological polar surface area (TPSA) is 51.6 Å². The average Bonchev–Trinajstić information content (AvgIpc) is 2.72. The molecular formula is C17H32N6+2. The normalized spacial score (nSPS) is 11.8. The molecule has 0 amide bonds. The number of nitrogens with one attached hydrogen (secondary N) is 3. The monoisotopic (exact) mass is 320 g/mol. The highest BCUT2D eigenvalue weighted by Crippen LogP contribution is 2.28. The summed E-state index contributed by atoms with van der Waals surface area (Å²) < 4.78 is 2.34. The summed E-state index contributed by atoms with van der Waals surface area (Å²) >= 11 is 0. The molecule has 0 aliphatic carbocycles. The fourth-order valence-electron chi connectivity index (χ4n) is 2.90. The lowest BCUT2D eigenvalue weighted by Gasteiger charge is -2.11. The summed E-state index contributed by atoms with van der Waals surface area (Å²) in [5, 5.41) is 4.66. The van der Waals surface area contributed by atoms with Crippen molar-refractivity contribution in [1.29, 1.82) is 0 Å². The molecule has 0 fully saturated rings. The second-order valence-electron chi connectivity index (χ2n) is 6.98. The number of rotatable bonds is 8. The van der Waals surface area contributed by atoms with Gasteiger partial charge >= 0.3 is 0 Å². The molecule has 128 valence electrons. The van der Waals surface area contributed by atoms with E-state index in [2.05, 4.69) is 61.9 Å². The van der Waals surface area contributed by atoms with Crippen molar-refractivity contribution in [3.8, 4) is 0 Å². The molecule has 6 nitrogen and oxygen atoms in total. The Bertz CT molecular complexity index is 644. The molecule has 0 radical (unpaired) electrons. The van der Waals surface area contributed by atoms with Crippen molar-refractivity contribution in [1.82, 2.24) is 14.5 Å². The fraction of sp³-hybridized carbons (Fsp3) is 0.647. The zero-order valence-corrected chi connectivity index (χ0v) is 15.5. The van der Waals surface area contributed by atoms with Crippen LogP contribution in [0.3, 0.4) is 0 Å². The smallest absolute Gasteiger partial charge is 0.145 e. The number of fused-ring (bicyclic) bond motifs is 1. The highest BCUT2D eigenvalue weighted by molar-refractivity contribution is 5.91. The Morgan fingerprint density at radius 1 is 1.04 bits per heavy atom. The van der Waals surface area contributed by atoms with Crippen molar-refractivity contribution in [3.63, 3.8) is 0 Å². The van der Waals surface area contributed by atoms with Crippen LogP contribution in [-0.2, 0) is 6.54 Å². The molecule has 2 aromatic heterocycles. The number of hydrogen-bond donors (Lipinski definition) is 3. The molecule has 2 rings (SSSR count). The van der Waals surface area contributed by atoms with E-state index in [4.69, 9.17) is 0 Å². The molecule has 0 bridgehead atoms. The van der Waals surface area contributed by atoms with Crippen LogP contribution in [0.25, 0.3) is 11.0 Å². The maximum Gasteiger partial charge on any atom is 0.145 e. The highest BCUT2D eigenvalue weighted by Gasteiger charge is 2.16. The minimum atomic E-state index is 0.919. The Hall–Kier alpha value is -1.66. The van der Waals surface area contributed by atoms with E-state index in [0.29, 0.717) is 0 Å². The van der Waals surface area contributed by atoms with E-state index in [1.54, 1.807) is 6.33 Å². The van der Waals surface area contributed by atoms with Crippen LogP contribution in [0.2, 0.25) is 0 Å². The van der Waals surface area contributed by atoms with Crippen LogP contribution in [-0.4, -0.2) is 62.4 Å². The first-order chi connectivity index (χ1) is 10.9. The molecule has 2 heterocycles. The number of nitrogens with zero attached hydrogens (tertiary/aromatic N) is 3. The van der Waals surface area contributed by atoms with E-state index < -0.39 is 0 Å². The third-order valence-corrected chi connectivity index (χ3v) is 4.38. The predicted octanol–water partition coefficient (Wildman–Crippen LogP) is -0.861. The third-order valence-electron chi connectivity index (χ3n) is 4.38.